The summed E-state index contributed by atoms with van der Waals surface area (Å²) in [5.74, 6) is -0.411. The van der Waals surface area contributed by atoms with Gasteiger partial charge in [-0.15, -0.1) is 6.58 Å². The second kappa shape index (κ2) is 8.91. The van der Waals surface area contributed by atoms with Crippen LogP contribution in [-0.4, -0.2) is 44.4 Å². The lowest BCUT2D eigenvalue weighted by molar-refractivity contribution is 0.0418. The van der Waals surface area contributed by atoms with Crippen LogP contribution in [0.3, 0.4) is 0 Å². The van der Waals surface area contributed by atoms with E-state index in [-0.39, 0.29) is 30.1 Å². The maximum Gasteiger partial charge on any atom is 0.258 e. The highest BCUT2D eigenvalue weighted by molar-refractivity contribution is 6.00. The molecule has 1 aromatic carbocycles. The Morgan fingerprint density at radius 1 is 1.16 bits per heavy atom. The van der Waals surface area contributed by atoms with Crippen molar-refractivity contribution < 1.29 is 13.9 Å². The first-order valence-corrected chi connectivity index (χ1v) is 9.94. The molecule has 2 atom stereocenters. The summed E-state index contributed by atoms with van der Waals surface area (Å²) in [7, 11) is 0. The number of ether oxygens (including phenoxy) is 1. The third-order valence-electron chi connectivity index (χ3n) is 5.20. The van der Waals surface area contributed by atoms with E-state index < -0.39 is 11.7 Å². The highest BCUT2D eigenvalue weighted by Gasteiger charge is 2.34. The molecular weight excluding hydrogens is 397 g/mol. The van der Waals surface area contributed by atoms with Gasteiger partial charge in [0.15, 0.2) is 5.82 Å². The fourth-order valence-electron chi connectivity index (χ4n) is 3.70. The van der Waals surface area contributed by atoms with E-state index in [0.717, 1.165) is 0 Å². The van der Waals surface area contributed by atoms with Crippen LogP contribution in [0.2, 0.25) is 0 Å². The van der Waals surface area contributed by atoms with Gasteiger partial charge in [0.2, 0.25) is 5.88 Å². The van der Waals surface area contributed by atoms with Crippen LogP contribution in [0.25, 0.3) is 11.4 Å². The molecule has 1 amide bonds. The predicted molar refractivity (Wildman–Crippen MR) is 115 cm³/mol. The molecular formula is C23H22FN5O2. The van der Waals surface area contributed by atoms with Gasteiger partial charge in [-0.3, -0.25) is 4.79 Å². The Balaban J connectivity index is 1.64. The minimum Gasteiger partial charge on any atom is -0.472 e. The Kier molecular flexibility index (Phi) is 5.88. The van der Waals surface area contributed by atoms with E-state index in [4.69, 9.17) is 10.5 Å². The number of hydrogen-bond donors (Lipinski definition) is 1. The first-order valence-electron chi connectivity index (χ1n) is 9.94. The van der Waals surface area contributed by atoms with Crippen molar-refractivity contribution in [2.45, 2.75) is 25.0 Å². The van der Waals surface area contributed by atoms with Gasteiger partial charge in [0.05, 0.1) is 18.2 Å². The monoisotopic (exact) mass is 419 g/mol. The molecule has 1 fully saturated rings. The SMILES string of the molecule is C=CC1CCC(Oc2cc(N)ccn2)CN1C(=O)c1c(F)cccc1-c1ncccn1. The summed E-state index contributed by atoms with van der Waals surface area (Å²) >= 11 is 0. The first-order chi connectivity index (χ1) is 15.1. The average Bonchev–Trinajstić information content (AvgIpc) is 2.79. The number of hydrogen-bond acceptors (Lipinski definition) is 6. The van der Waals surface area contributed by atoms with Gasteiger partial charge in [-0.2, -0.15) is 0 Å². The maximum absolute atomic E-state index is 14.9. The van der Waals surface area contributed by atoms with Crippen LogP contribution in [0.15, 0.2) is 67.6 Å². The van der Waals surface area contributed by atoms with Gasteiger partial charge < -0.3 is 15.4 Å². The molecule has 0 bridgehead atoms. The molecule has 4 rings (SSSR count). The molecule has 8 heteroatoms. The Bertz CT molecular complexity index is 1090. The Morgan fingerprint density at radius 3 is 2.71 bits per heavy atom. The molecule has 158 valence electrons. The van der Waals surface area contributed by atoms with Gasteiger partial charge in [0.1, 0.15) is 11.9 Å². The summed E-state index contributed by atoms with van der Waals surface area (Å²) in [5, 5.41) is 0. The van der Waals surface area contributed by atoms with Crippen LogP contribution in [0.5, 0.6) is 5.88 Å². The number of anilines is 1. The smallest absolute Gasteiger partial charge is 0.258 e. The molecule has 3 heterocycles. The zero-order chi connectivity index (χ0) is 21.8. The van der Waals surface area contributed by atoms with Crippen LogP contribution >= 0.6 is 0 Å². The lowest BCUT2D eigenvalue weighted by Gasteiger charge is -2.38. The third kappa shape index (κ3) is 4.37. The molecule has 0 radical (unpaired) electrons. The second-order valence-electron chi connectivity index (χ2n) is 7.24. The summed E-state index contributed by atoms with van der Waals surface area (Å²) < 4.78 is 20.8. The molecule has 1 saturated heterocycles. The summed E-state index contributed by atoms with van der Waals surface area (Å²) in [4.78, 5) is 27.6. The fraction of sp³-hybridized carbons (Fsp3) is 0.217. The van der Waals surface area contributed by atoms with E-state index in [1.54, 1.807) is 53.8 Å². The summed E-state index contributed by atoms with van der Waals surface area (Å²) in [5.41, 5.74) is 6.61. The number of rotatable bonds is 5. The number of nitrogen functional groups attached to an aromatic ring is 1. The number of carbonyl (C=O) groups excluding carboxylic acids is 1. The summed E-state index contributed by atoms with van der Waals surface area (Å²) in [6.07, 6.45) is 7.39. The van der Waals surface area contributed by atoms with Crippen LogP contribution in [0.4, 0.5) is 10.1 Å². The molecule has 3 aromatic rings. The molecule has 1 aliphatic heterocycles. The Hall–Kier alpha value is -3.81. The van der Waals surface area contributed by atoms with Crippen molar-refractivity contribution in [2.24, 2.45) is 0 Å². The lowest BCUT2D eigenvalue weighted by atomic mass is 9.97. The van der Waals surface area contributed by atoms with Gasteiger partial charge >= 0.3 is 0 Å². The number of likely N-dealkylation sites (tertiary alicyclic amines) is 1. The number of aromatic nitrogens is 3. The largest absolute Gasteiger partial charge is 0.472 e. The number of carbonyl (C=O) groups is 1. The normalized spacial score (nSPS) is 18.4. The molecule has 7 nitrogen and oxygen atoms in total. The van der Waals surface area contributed by atoms with Gasteiger partial charge in [-0.25, -0.2) is 19.3 Å². The zero-order valence-electron chi connectivity index (χ0n) is 16.8. The van der Waals surface area contributed by atoms with Crippen LogP contribution in [0, 0.1) is 5.82 Å². The van der Waals surface area contributed by atoms with E-state index in [0.29, 0.717) is 30.0 Å². The number of pyridine rings is 1. The lowest BCUT2D eigenvalue weighted by Crippen LogP contribution is -2.49. The highest BCUT2D eigenvalue weighted by Crippen LogP contribution is 2.29. The number of halogens is 1. The first kappa shape index (κ1) is 20.5. The topological polar surface area (TPSA) is 94.2 Å². The number of amides is 1. The number of benzene rings is 1. The third-order valence-corrected chi connectivity index (χ3v) is 5.20. The fourth-order valence-corrected chi connectivity index (χ4v) is 3.70. The molecule has 2 N–H and O–H groups in total. The predicted octanol–water partition coefficient (Wildman–Crippen LogP) is 3.50. The van der Waals surface area contributed by atoms with Crippen molar-refractivity contribution in [1.29, 1.82) is 0 Å². The molecule has 2 aromatic heterocycles. The van der Waals surface area contributed by atoms with E-state index in [9.17, 15) is 9.18 Å². The second-order valence-corrected chi connectivity index (χ2v) is 7.24. The van der Waals surface area contributed by atoms with Gasteiger partial charge in [0.25, 0.3) is 5.91 Å². The van der Waals surface area contributed by atoms with E-state index in [1.165, 1.54) is 12.1 Å². The maximum atomic E-state index is 14.9. The van der Waals surface area contributed by atoms with Gasteiger partial charge in [0, 0.05) is 35.9 Å². The Labute approximate surface area is 179 Å². The summed E-state index contributed by atoms with van der Waals surface area (Å²) in [6.45, 7) is 4.11. The summed E-state index contributed by atoms with van der Waals surface area (Å²) in [6, 6.07) is 9.16. The van der Waals surface area contributed by atoms with Gasteiger partial charge in [-0.05, 0) is 31.0 Å². The average molecular weight is 419 g/mol. The minimum atomic E-state index is -0.627. The Morgan fingerprint density at radius 2 is 1.97 bits per heavy atom. The van der Waals surface area contributed by atoms with Crippen molar-refractivity contribution >= 4 is 11.6 Å². The molecule has 0 saturated carbocycles. The van der Waals surface area contributed by atoms with Crippen LogP contribution in [0.1, 0.15) is 23.2 Å². The molecule has 1 aliphatic rings. The zero-order valence-corrected chi connectivity index (χ0v) is 16.8. The number of nitrogens with zero attached hydrogens (tertiary/aromatic N) is 4. The van der Waals surface area contributed by atoms with E-state index >= 15 is 0 Å². The van der Waals surface area contributed by atoms with Gasteiger partial charge in [-0.1, -0.05) is 18.2 Å². The molecule has 31 heavy (non-hydrogen) atoms. The van der Waals surface area contributed by atoms with Crippen molar-refractivity contribution in [3.05, 3.63) is 79.0 Å². The highest BCUT2D eigenvalue weighted by atomic mass is 19.1. The number of nitrogens with two attached hydrogens (primary N) is 1. The van der Waals surface area contributed by atoms with E-state index in [1.807, 2.05) is 0 Å². The standard InChI is InChI=1S/C23H22FN5O2/c1-2-16-7-8-17(31-20-13-15(25)9-12-26-20)14-29(16)23(30)21-18(5-3-6-19(21)24)22-27-10-4-11-28-22/h2-6,9-13,16-17H,1,7-8,14H2,(H2,25,26). The molecule has 0 aliphatic carbocycles. The minimum absolute atomic E-state index is 0.0664. The van der Waals surface area contributed by atoms with Crippen LogP contribution in [-0.2, 0) is 0 Å². The quantitative estimate of drug-likeness (QED) is 0.636. The number of piperidine rings is 1. The van der Waals surface area contributed by atoms with Crippen molar-refractivity contribution in [1.82, 2.24) is 19.9 Å². The molecule has 0 spiro atoms. The van der Waals surface area contributed by atoms with Crippen molar-refractivity contribution in [3.63, 3.8) is 0 Å². The van der Waals surface area contributed by atoms with Crippen LogP contribution < -0.4 is 10.5 Å². The molecule has 2 unspecified atom stereocenters. The van der Waals surface area contributed by atoms with Crippen molar-refractivity contribution in [2.75, 3.05) is 12.3 Å². The van der Waals surface area contributed by atoms with E-state index in [2.05, 4.69) is 21.5 Å². The van der Waals surface area contributed by atoms with Crippen molar-refractivity contribution in [3.8, 4) is 17.3 Å².